The summed E-state index contributed by atoms with van der Waals surface area (Å²) in [6.45, 7) is 6.32. The molecule has 0 saturated heterocycles. The molecular formula is C22H29N5O. The number of nitrogens with zero attached hydrogens (tertiary/aromatic N) is 4. The largest absolute Gasteiger partial charge is 0.494 e. The van der Waals surface area contributed by atoms with Crippen molar-refractivity contribution in [2.45, 2.75) is 26.8 Å². The molecule has 0 aliphatic carbocycles. The van der Waals surface area contributed by atoms with Crippen LogP contribution in [0, 0.1) is 6.92 Å². The Bertz CT molecular complexity index is 930. The van der Waals surface area contributed by atoms with Crippen LogP contribution >= 0.6 is 0 Å². The highest BCUT2D eigenvalue weighted by Gasteiger charge is 2.08. The van der Waals surface area contributed by atoms with Crippen LogP contribution in [0.2, 0.25) is 0 Å². The van der Waals surface area contributed by atoms with Crippen molar-refractivity contribution in [3.05, 3.63) is 65.6 Å². The number of ether oxygens (including phenoxy) is 1. The zero-order valence-corrected chi connectivity index (χ0v) is 17.1. The Morgan fingerprint density at radius 1 is 1.25 bits per heavy atom. The molecule has 148 valence electrons. The molecule has 28 heavy (non-hydrogen) atoms. The van der Waals surface area contributed by atoms with Crippen molar-refractivity contribution in [1.82, 2.24) is 19.6 Å². The lowest BCUT2D eigenvalue weighted by Crippen LogP contribution is -2.39. The third-order valence-corrected chi connectivity index (χ3v) is 4.62. The maximum Gasteiger partial charge on any atom is 0.193 e. The number of aliphatic imine (C=N–C) groups is 1. The fourth-order valence-corrected chi connectivity index (χ4v) is 3.22. The number of hydrogen-bond donors (Lipinski definition) is 1. The average molecular weight is 380 g/mol. The zero-order valence-electron chi connectivity index (χ0n) is 17.1. The molecule has 0 aliphatic heterocycles. The molecule has 0 saturated carbocycles. The van der Waals surface area contributed by atoms with Gasteiger partial charge in [-0.1, -0.05) is 18.2 Å². The second-order valence-corrected chi connectivity index (χ2v) is 6.81. The number of rotatable bonds is 7. The van der Waals surface area contributed by atoms with Crippen molar-refractivity contribution in [1.29, 1.82) is 0 Å². The fraction of sp³-hybridized carbons (Fsp3) is 0.364. The van der Waals surface area contributed by atoms with Crippen LogP contribution in [0.25, 0.3) is 5.65 Å². The molecule has 3 rings (SSSR count). The quantitative estimate of drug-likeness (QED) is 0.506. The molecule has 0 unspecified atom stereocenters. The van der Waals surface area contributed by atoms with Gasteiger partial charge >= 0.3 is 0 Å². The van der Waals surface area contributed by atoms with Crippen molar-refractivity contribution < 1.29 is 4.74 Å². The van der Waals surface area contributed by atoms with Gasteiger partial charge < -0.3 is 19.4 Å². The summed E-state index contributed by atoms with van der Waals surface area (Å²) in [5.74, 6) is 1.77. The Kier molecular flexibility index (Phi) is 6.53. The van der Waals surface area contributed by atoms with E-state index in [0.29, 0.717) is 6.61 Å². The van der Waals surface area contributed by atoms with Crippen LogP contribution in [-0.4, -0.2) is 47.5 Å². The van der Waals surface area contributed by atoms with Crippen LogP contribution in [0.1, 0.15) is 23.7 Å². The van der Waals surface area contributed by atoms with E-state index >= 15 is 0 Å². The number of pyridine rings is 1. The van der Waals surface area contributed by atoms with Gasteiger partial charge in [0.05, 0.1) is 12.3 Å². The number of aromatic nitrogens is 2. The molecule has 0 radical (unpaired) electrons. The zero-order chi connectivity index (χ0) is 19.9. The normalized spacial score (nSPS) is 11.6. The summed E-state index contributed by atoms with van der Waals surface area (Å²) in [4.78, 5) is 11.2. The van der Waals surface area contributed by atoms with Crippen molar-refractivity contribution in [3.8, 4) is 5.75 Å². The number of nitrogens with one attached hydrogen (secondary N) is 1. The van der Waals surface area contributed by atoms with Gasteiger partial charge in [-0.2, -0.15) is 0 Å². The van der Waals surface area contributed by atoms with E-state index in [1.807, 2.05) is 45.4 Å². The summed E-state index contributed by atoms with van der Waals surface area (Å²) in [5.41, 5.74) is 4.50. The predicted octanol–water partition coefficient (Wildman–Crippen LogP) is 3.29. The van der Waals surface area contributed by atoms with Gasteiger partial charge in [-0.05, 0) is 43.2 Å². The molecule has 2 heterocycles. The lowest BCUT2D eigenvalue weighted by molar-refractivity contribution is 0.340. The van der Waals surface area contributed by atoms with Gasteiger partial charge in [0.1, 0.15) is 11.4 Å². The van der Waals surface area contributed by atoms with Crippen LogP contribution in [0.4, 0.5) is 0 Å². The van der Waals surface area contributed by atoms with Crippen molar-refractivity contribution in [3.63, 3.8) is 0 Å². The fourth-order valence-electron chi connectivity index (χ4n) is 3.22. The van der Waals surface area contributed by atoms with Crippen LogP contribution < -0.4 is 10.1 Å². The Labute approximate surface area is 166 Å². The summed E-state index contributed by atoms with van der Waals surface area (Å²) in [7, 11) is 3.85. The predicted molar refractivity (Wildman–Crippen MR) is 114 cm³/mol. The Hall–Kier alpha value is -3.02. The second kappa shape index (κ2) is 9.26. The first kappa shape index (κ1) is 19.7. The number of guanidine groups is 1. The highest BCUT2D eigenvalue weighted by atomic mass is 16.5. The average Bonchev–Trinajstić information content (AvgIpc) is 3.11. The number of benzene rings is 1. The third-order valence-electron chi connectivity index (χ3n) is 4.62. The number of hydrogen-bond acceptors (Lipinski definition) is 3. The summed E-state index contributed by atoms with van der Waals surface area (Å²) < 4.78 is 7.58. The third kappa shape index (κ3) is 4.82. The molecule has 0 amide bonds. The second-order valence-electron chi connectivity index (χ2n) is 6.81. The van der Waals surface area contributed by atoms with Gasteiger partial charge in [0.15, 0.2) is 5.96 Å². The van der Waals surface area contributed by atoms with E-state index in [4.69, 9.17) is 9.72 Å². The van der Waals surface area contributed by atoms with E-state index in [-0.39, 0.29) is 0 Å². The summed E-state index contributed by atoms with van der Waals surface area (Å²) >= 11 is 0. The Morgan fingerprint density at radius 3 is 2.71 bits per heavy atom. The summed E-state index contributed by atoms with van der Waals surface area (Å²) in [6, 6.07) is 12.3. The highest BCUT2D eigenvalue weighted by Crippen LogP contribution is 2.13. The van der Waals surface area contributed by atoms with Gasteiger partial charge in [-0.3, -0.25) is 4.99 Å². The minimum Gasteiger partial charge on any atom is -0.494 e. The van der Waals surface area contributed by atoms with Crippen molar-refractivity contribution in [2.24, 2.45) is 4.99 Å². The van der Waals surface area contributed by atoms with E-state index in [1.165, 1.54) is 11.1 Å². The first-order valence-corrected chi connectivity index (χ1v) is 9.67. The van der Waals surface area contributed by atoms with E-state index in [0.717, 1.165) is 42.6 Å². The van der Waals surface area contributed by atoms with Gasteiger partial charge in [-0.15, -0.1) is 0 Å². The molecule has 3 aromatic rings. The maximum absolute atomic E-state index is 5.50. The topological polar surface area (TPSA) is 54.2 Å². The molecule has 0 spiro atoms. The molecule has 2 aromatic heterocycles. The van der Waals surface area contributed by atoms with Crippen LogP contribution in [0.15, 0.2) is 53.8 Å². The van der Waals surface area contributed by atoms with Crippen LogP contribution in [-0.2, 0) is 13.0 Å². The molecule has 0 bridgehead atoms. The lowest BCUT2D eigenvalue weighted by atomic mass is 10.2. The smallest absolute Gasteiger partial charge is 0.193 e. The van der Waals surface area contributed by atoms with E-state index in [9.17, 15) is 0 Å². The molecule has 1 N–H and O–H groups in total. The van der Waals surface area contributed by atoms with Crippen molar-refractivity contribution >= 4 is 11.6 Å². The minimum absolute atomic E-state index is 0.682. The molecular weight excluding hydrogens is 350 g/mol. The van der Waals surface area contributed by atoms with E-state index < -0.39 is 0 Å². The molecule has 0 aliphatic rings. The van der Waals surface area contributed by atoms with E-state index in [2.05, 4.69) is 50.9 Å². The van der Waals surface area contributed by atoms with Crippen LogP contribution in [0.3, 0.4) is 0 Å². The lowest BCUT2D eigenvalue weighted by Gasteiger charge is -2.22. The number of fused-ring (bicyclic) bond motifs is 1. The van der Waals surface area contributed by atoms with Crippen LogP contribution in [0.5, 0.6) is 5.75 Å². The maximum atomic E-state index is 5.50. The van der Waals surface area contributed by atoms with Gasteiger partial charge in [-0.25, -0.2) is 4.98 Å². The molecule has 6 nitrogen and oxygen atoms in total. The summed E-state index contributed by atoms with van der Waals surface area (Å²) in [6.07, 6.45) is 4.98. The van der Waals surface area contributed by atoms with Gasteiger partial charge in [0.2, 0.25) is 0 Å². The Balaban J connectivity index is 1.53. The first-order valence-electron chi connectivity index (χ1n) is 9.67. The number of aryl methyl sites for hydroxylation is 1. The standard InChI is InChI=1S/C22H29N5O/c1-5-28-20-10-8-18(9-11-20)15-26(4)22(23-3)24-13-12-19-16-27-14-6-7-17(2)21(27)25-19/h6-11,14,16H,5,12-13,15H2,1-4H3,(H,23,24). The minimum atomic E-state index is 0.682. The molecule has 0 fully saturated rings. The molecule has 1 aromatic carbocycles. The first-order chi connectivity index (χ1) is 13.6. The van der Waals surface area contributed by atoms with Gasteiger partial charge in [0, 0.05) is 46.0 Å². The Morgan fingerprint density at radius 2 is 2.04 bits per heavy atom. The monoisotopic (exact) mass is 379 g/mol. The van der Waals surface area contributed by atoms with E-state index in [1.54, 1.807) is 0 Å². The SMILES string of the molecule is CCOc1ccc(CN(C)C(=NC)NCCc2cn3cccc(C)c3n2)cc1. The highest BCUT2D eigenvalue weighted by molar-refractivity contribution is 5.79. The van der Waals surface area contributed by atoms with Gasteiger partial charge in [0.25, 0.3) is 0 Å². The van der Waals surface area contributed by atoms with Crippen molar-refractivity contribution in [2.75, 3.05) is 27.2 Å². The molecule has 0 atom stereocenters. The summed E-state index contributed by atoms with van der Waals surface area (Å²) in [5, 5.41) is 3.43. The number of imidazole rings is 1. The molecule has 6 heteroatoms.